The number of amides is 1. The first kappa shape index (κ1) is 17.8. The number of carbonyl (C=O) groups excluding carboxylic acids is 1. The number of hydrogen-bond donors (Lipinski definition) is 2. The molecule has 7 heteroatoms. The smallest absolute Gasteiger partial charge is 0.408 e. The van der Waals surface area contributed by atoms with Crippen molar-refractivity contribution in [3.8, 4) is 0 Å². The Bertz CT molecular complexity index is 443. The predicted octanol–water partition coefficient (Wildman–Crippen LogP) is 2.19. The van der Waals surface area contributed by atoms with Crippen molar-refractivity contribution < 1.29 is 14.6 Å². The molecular formula is C14H25N3O3S. The molecule has 0 aliphatic heterocycles. The zero-order valence-electron chi connectivity index (χ0n) is 13.1. The minimum Gasteiger partial charge on any atom is -0.444 e. The second-order valence-corrected chi connectivity index (χ2v) is 6.73. The van der Waals surface area contributed by atoms with E-state index in [0.717, 1.165) is 24.4 Å². The van der Waals surface area contributed by atoms with E-state index < -0.39 is 17.7 Å². The Morgan fingerprint density at radius 3 is 2.86 bits per heavy atom. The van der Waals surface area contributed by atoms with E-state index in [4.69, 9.17) is 4.74 Å². The fourth-order valence-electron chi connectivity index (χ4n) is 1.85. The highest BCUT2D eigenvalue weighted by Crippen LogP contribution is 2.15. The maximum Gasteiger partial charge on any atom is 0.408 e. The molecule has 0 fully saturated rings. The molecule has 120 valence electrons. The summed E-state index contributed by atoms with van der Waals surface area (Å²) in [5.74, 6) is 1.06. The van der Waals surface area contributed by atoms with Crippen LogP contribution in [0.3, 0.4) is 0 Å². The van der Waals surface area contributed by atoms with Gasteiger partial charge in [-0.25, -0.2) is 9.78 Å². The lowest BCUT2D eigenvalue weighted by Gasteiger charge is -2.23. The van der Waals surface area contributed by atoms with E-state index in [-0.39, 0.29) is 6.61 Å². The Morgan fingerprint density at radius 2 is 2.29 bits per heavy atom. The highest BCUT2D eigenvalue weighted by Gasteiger charge is 2.22. The Labute approximate surface area is 130 Å². The van der Waals surface area contributed by atoms with E-state index in [1.165, 1.54) is 0 Å². The zero-order chi connectivity index (χ0) is 15.9. The molecule has 0 aliphatic carbocycles. The van der Waals surface area contributed by atoms with Gasteiger partial charge < -0.3 is 19.7 Å². The number of ether oxygens (including phenoxy) is 1. The van der Waals surface area contributed by atoms with Crippen LogP contribution in [-0.4, -0.2) is 45.0 Å². The molecule has 1 rings (SSSR count). The highest BCUT2D eigenvalue weighted by atomic mass is 32.2. The van der Waals surface area contributed by atoms with Gasteiger partial charge in [-0.3, -0.25) is 0 Å². The maximum absolute atomic E-state index is 11.8. The van der Waals surface area contributed by atoms with E-state index in [0.29, 0.717) is 0 Å². The first-order valence-corrected chi connectivity index (χ1v) is 8.36. The molecule has 0 radical (unpaired) electrons. The molecule has 0 aliphatic rings. The number of rotatable bonds is 7. The maximum atomic E-state index is 11.8. The standard InChI is InChI=1S/C14H25N3O3S/c1-14(2,3)20-13(19)16-11(9-18)12-8-15-10-17(12)6-5-7-21-4/h8,10-11,18H,5-7,9H2,1-4H3,(H,16,19). The molecular weight excluding hydrogens is 290 g/mol. The van der Waals surface area contributed by atoms with Crippen LogP contribution >= 0.6 is 11.8 Å². The third kappa shape index (κ3) is 6.39. The van der Waals surface area contributed by atoms with Crippen molar-refractivity contribution in [1.29, 1.82) is 0 Å². The minimum absolute atomic E-state index is 0.201. The van der Waals surface area contributed by atoms with Gasteiger partial charge in [0.1, 0.15) is 5.60 Å². The second kappa shape index (κ2) is 8.29. The molecule has 0 saturated carbocycles. The van der Waals surface area contributed by atoms with Crippen LogP contribution in [0.4, 0.5) is 4.79 Å². The topological polar surface area (TPSA) is 76.4 Å². The summed E-state index contributed by atoms with van der Waals surface area (Å²) in [7, 11) is 0. The number of aryl methyl sites for hydroxylation is 1. The number of imidazole rings is 1. The Balaban J connectivity index is 2.67. The first-order chi connectivity index (χ1) is 9.87. The van der Waals surface area contributed by atoms with Crippen molar-refractivity contribution in [3.63, 3.8) is 0 Å². The summed E-state index contributed by atoms with van der Waals surface area (Å²) in [5, 5.41) is 12.2. The van der Waals surface area contributed by atoms with Gasteiger partial charge in [0.05, 0.1) is 30.9 Å². The van der Waals surface area contributed by atoms with Gasteiger partial charge in [-0.05, 0) is 39.2 Å². The largest absolute Gasteiger partial charge is 0.444 e. The molecule has 1 heterocycles. The van der Waals surface area contributed by atoms with Gasteiger partial charge in [-0.1, -0.05) is 0 Å². The van der Waals surface area contributed by atoms with Gasteiger partial charge in [0.15, 0.2) is 0 Å². The number of aliphatic hydroxyl groups is 1. The molecule has 0 saturated heterocycles. The molecule has 1 aromatic rings. The van der Waals surface area contributed by atoms with Crippen molar-refractivity contribution in [2.75, 3.05) is 18.6 Å². The number of alkyl carbamates (subject to hydrolysis) is 1. The van der Waals surface area contributed by atoms with Crippen LogP contribution in [0.25, 0.3) is 0 Å². The van der Waals surface area contributed by atoms with Crippen LogP contribution < -0.4 is 5.32 Å². The fraction of sp³-hybridized carbons (Fsp3) is 0.714. The molecule has 21 heavy (non-hydrogen) atoms. The van der Waals surface area contributed by atoms with Crippen LogP contribution in [0.1, 0.15) is 38.9 Å². The van der Waals surface area contributed by atoms with Gasteiger partial charge >= 0.3 is 6.09 Å². The Hall–Kier alpha value is -1.21. The minimum atomic E-state index is -0.567. The predicted molar refractivity (Wildman–Crippen MR) is 84.4 cm³/mol. The summed E-state index contributed by atoms with van der Waals surface area (Å²) in [4.78, 5) is 15.9. The molecule has 2 N–H and O–H groups in total. The van der Waals surface area contributed by atoms with Gasteiger partial charge in [0, 0.05) is 6.54 Å². The Morgan fingerprint density at radius 1 is 1.57 bits per heavy atom. The van der Waals surface area contributed by atoms with Crippen molar-refractivity contribution in [3.05, 3.63) is 18.2 Å². The lowest BCUT2D eigenvalue weighted by atomic mass is 10.2. The monoisotopic (exact) mass is 315 g/mol. The summed E-state index contributed by atoms with van der Waals surface area (Å²) in [6.45, 7) is 6.00. The van der Waals surface area contributed by atoms with E-state index in [2.05, 4.69) is 16.6 Å². The number of aromatic nitrogens is 2. The van der Waals surface area contributed by atoms with E-state index in [1.54, 1.807) is 45.1 Å². The highest BCUT2D eigenvalue weighted by molar-refractivity contribution is 7.98. The van der Waals surface area contributed by atoms with Crippen LogP contribution in [0.15, 0.2) is 12.5 Å². The average molecular weight is 315 g/mol. The first-order valence-electron chi connectivity index (χ1n) is 6.96. The van der Waals surface area contributed by atoms with Crippen LogP contribution in [0, 0.1) is 0 Å². The van der Waals surface area contributed by atoms with E-state index >= 15 is 0 Å². The molecule has 1 atom stereocenters. The summed E-state index contributed by atoms with van der Waals surface area (Å²) in [5.41, 5.74) is 0.215. The lowest BCUT2D eigenvalue weighted by Crippen LogP contribution is -2.37. The van der Waals surface area contributed by atoms with E-state index in [9.17, 15) is 9.90 Å². The third-order valence-electron chi connectivity index (χ3n) is 2.72. The summed E-state index contributed by atoms with van der Waals surface area (Å²) >= 11 is 1.79. The summed E-state index contributed by atoms with van der Waals surface area (Å²) in [6.07, 6.45) is 5.91. The quantitative estimate of drug-likeness (QED) is 0.754. The van der Waals surface area contributed by atoms with Crippen LogP contribution in [0.5, 0.6) is 0 Å². The Kier molecular flexibility index (Phi) is 7.04. The molecule has 0 bridgehead atoms. The van der Waals surface area contributed by atoms with Crippen molar-refractivity contribution >= 4 is 17.9 Å². The molecule has 1 unspecified atom stereocenters. The molecule has 1 aromatic heterocycles. The van der Waals surface area contributed by atoms with Crippen molar-refractivity contribution in [2.24, 2.45) is 0 Å². The van der Waals surface area contributed by atoms with Crippen molar-refractivity contribution in [1.82, 2.24) is 14.9 Å². The van der Waals surface area contributed by atoms with Gasteiger partial charge in [0.25, 0.3) is 0 Å². The van der Waals surface area contributed by atoms with Gasteiger partial charge in [-0.2, -0.15) is 11.8 Å². The number of thioether (sulfide) groups is 1. The average Bonchev–Trinajstić information content (AvgIpc) is 2.82. The normalized spacial score (nSPS) is 13.0. The number of nitrogens with zero attached hydrogens (tertiary/aromatic N) is 2. The summed E-state index contributed by atoms with van der Waals surface area (Å²) in [6, 6.07) is -0.517. The van der Waals surface area contributed by atoms with E-state index in [1.807, 2.05) is 4.57 Å². The van der Waals surface area contributed by atoms with Crippen LogP contribution in [0.2, 0.25) is 0 Å². The fourth-order valence-corrected chi connectivity index (χ4v) is 2.27. The number of nitrogens with one attached hydrogen (secondary N) is 1. The second-order valence-electron chi connectivity index (χ2n) is 5.74. The summed E-state index contributed by atoms with van der Waals surface area (Å²) < 4.78 is 7.17. The number of hydrogen-bond acceptors (Lipinski definition) is 5. The molecule has 1 amide bonds. The van der Waals surface area contributed by atoms with Crippen molar-refractivity contribution in [2.45, 2.75) is 45.4 Å². The zero-order valence-corrected chi connectivity index (χ0v) is 13.9. The van der Waals surface area contributed by atoms with Crippen LogP contribution in [-0.2, 0) is 11.3 Å². The molecule has 0 aromatic carbocycles. The number of carbonyl (C=O) groups is 1. The molecule has 6 nitrogen and oxygen atoms in total. The third-order valence-corrected chi connectivity index (χ3v) is 3.42. The SMILES string of the molecule is CSCCCn1cncc1C(CO)NC(=O)OC(C)(C)C. The van der Waals surface area contributed by atoms with Gasteiger partial charge in [-0.15, -0.1) is 0 Å². The van der Waals surface area contributed by atoms with Gasteiger partial charge in [0.2, 0.25) is 0 Å². The number of aliphatic hydroxyl groups excluding tert-OH is 1. The lowest BCUT2D eigenvalue weighted by molar-refractivity contribution is 0.0479. The molecule has 0 spiro atoms.